The molecule has 0 unspecified atom stereocenters. The third-order valence-electron chi connectivity index (χ3n) is 5.89. The Balaban J connectivity index is 1.74. The van der Waals surface area contributed by atoms with Crippen molar-refractivity contribution in [3.05, 3.63) is 118 Å². The Morgan fingerprint density at radius 1 is 0.452 bits per heavy atom. The quantitative estimate of drug-likeness (QED) is 0.161. The first-order chi connectivity index (χ1) is 20.0. The maximum Gasteiger partial charge on any atom is 0.343 e. The third-order valence-corrected chi connectivity index (χ3v) is 5.89. The Labute approximate surface area is 235 Å². The molecule has 0 heterocycles. The SMILES string of the molecule is O=C(Oc1cccc(OC(=O)c2ccc(C(=O)O)c(C(=O)O)c2)c1-c1ccccc1)c1ccc(C(=O)O)c(C(=O)O)c1. The van der Waals surface area contributed by atoms with E-state index >= 15 is 0 Å². The van der Waals surface area contributed by atoms with E-state index in [2.05, 4.69) is 0 Å². The molecule has 0 radical (unpaired) electrons. The summed E-state index contributed by atoms with van der Waals surface area (Å²) in [6.45, 7) is 0. The van der Waals surface area contributed by atoms with Crippen LogP contribution in [0.25, 0.3) is 11.1 Å². The molecule has 12 heteroatoms. The number of ether oxygens (including phenoxy) is 2. The van der Waals surface area contributed by atoms with E-state index in [4.69, 9.17) is 9.47 Å². The van der Waals surface area contributed by atoms with Crippen LogP contribution in [0.1, 0.15) is 62.1 Å². The van der Waals surface area contributed by atoms with Crippen LogP contribution in [0, 0.1) is 0 Å². The first kappa shape index (κ1) is 28.7. The molecule has 0 saturated carbocycles. The van der Waals surface area contributed by atoms with Crippen LogP contribution in [-0.2, 0) is 0 Å². The molecule has 4 aromatic rings. The number of rotatable bonds is 9. The molecule has 0 spiro atoms. The summed E-state index contributed by atoms with van der Waals surface area (Å²) in [6, 6.07) is 18.2. The average Bonchev–Trinajstić information content (AvgIpc) is 2.96. The molecule has 210 valence electrons. The number of carboxylic acid groups (broad SMARTS) is 4. The summed E-state index contributed by atoms with van der Waals surface area (Å²) in [6.07, 6.45) is 0. The molecule has 4 rings (SSSR count). The fraction of sp³-hybridized carbons (Fsp3) is 0. The minimum absolute atomic E-state index is 0.108. The Morgan fingerprint density at radius 2 is 0.857 bits per heavy atom. The summed E-state index contributed by atoms with van der Waals surface area (Å²) in [5.41, 5.74) is -2.28. The van der Waals surface area contributed by atoms with Gasteiger partial charge in [-0.3, -0.25) is 0 Å². The minimum Gasteiger partial charge on any atom is -0.478 e. The summed E-state index contributed by atoms with van der Waals surface area (Å²) >= 11 is 0. The van der Waals surface area contributed by atoms with E-state index in [-0.39, 0.29) is 28.2 Å². The molecule has 42 heavy (non-hydrogen) atoms. The molecule has 0 aliphatic rings. The first-order valence-electron chi connectivity index (χ1n) is 11.8. The number of aromatic carboxylic acids is 4. The van der Waals surface area contributed by atoms with Crippen molar-refractivity contribution in [1.29, 1.82) is 0 Å². The smallest absolute Gasteiger partial charge is 0.343 e. The second-order valence-corrected chi connectivity index (χ2v) is 8.52. The zero-order chi connectivity index (χ0) is 30.6. The van der Waals surface area contributed by atoms with Gasteiger partial charge in [0.1, 0.15) is 11.5 Å². The lowest BCUT2D eigenvalue weighted by molar-refractivity contribution is 0.0650. The number of esters is 2. The van der Waals surface area contributed by atoms with Gasteiger partial charge in [-0.2, -0.15) is 0 Å². The van der Waals surface area contributed by atoms with Crippen molar-refractivity contribution in [1.82, 2.24) is 0 Å². The van der Waals surface area contributed by atoms with Crippen molar-refractivity contribution in [3.63, 3.8) is 0 Å². The normalized spacial score (nSPS) is 10.4. The number of benzene rings is 4. The highest BCUT2D eigenvalue weighted by Gasteiger charge is 2.24. The molecule has 0 aliphatic carbocycles. The van der Waals surface area contributed by atoms with Crippen LogP contribution in [0.15, 0.2) is 84.9 Å². The summed E-state index contributed by atoms with van der Waals surface area (Å²) in [5.74, 6) is -8.42. The van der Waals surface area contributed by atoms with E-state index in [1.807, 2.05) is 0 Å². The van der Waals surface area contributed by atoms with Crippen LogP contribution in [-0.4, -0.2) is 56.2 Å². The molecule has 0 fully saturated rings. The minimum atomic E-state index is -1.57. The molecular formula is C30H18O12. The zero-order valence-electron chi connectivity index (χ0n) is 21.1. The fourth-order valence-corrected chi connectivity index (χ4v) is 3.96. The van der Waals surface area contributed by atoms with Gasteiger partial charge in [-0.05, 0) is 54.1 Å². The molecule has 0 bridgehead atoms. The van der Waals surface area contributed by atoms with Gasteiger partial charge in [0.15, 0.2) is 0 Å². The van der Waals surface area contributed by atoms with Crippen LogP contribution < -0.4 is 9.47 Å². The molecule has 12 nitrogen and oxygen atoms in total. The number of carbonyl (C=O) groups is 6. The van der Waals surface area contributed by atoms with Crippen molar-refractivity contribution in [2.45, 2.75) is 0 Å². The molecule has 0 amide bonds. The van der Waals surface area contributed by atoms with Gasteiger partial charge in [0.05, 0.1) is 38.9 Å². The van der Waals surface area contributed by atoms with Gasteiger partial charge in [0.2, 0.25) is 0 Å². The second-order valence-electron chi connectivity index (χ2n) is 8.52. The molecule has 4 aromatic carbocycles. The van der Waals surface area contributed by atoms with Gasteiger partial charge in [-0.25, -0.2) is 28.8 Å². The van der Waals surface area contributed by atoms with Crippen molar-refractivity contribution < 1.29 is 58.7 Å². The Hall–Kier alpha value is -6.30. The van der Waals surface area contributed by atoms with E-state index in [0.29, 0.717) is 5.56 Å². The molecular weight excluding hydrogens is 552 g/mol. The molecule has 0 saturated heterocycles. The summed E-state index contributed by atoms with van der Waals surface area (Å²) in [4.78, 5) is 71.8. The second kappa shape index (κ2) is 11.8. The van der Waals surface area contributed by atoms with Gasteiger partial charge < -0.3 is 29.9 Å². The van der Waals surface area contributed by atoms with Gasteiger partial charge in [-0.1, -0.05) is 36.4 Å². The summed E-state index contributed by atoms with van der Waals surface area (Å²) in [5, 5.41) is 37.2. The highest BCUT2D eigenvalue weighted by atomic mass is 16.5. The van der Waals surface area contributed by atoms with Crippen molar-refractivity contribution in [3.8, 4) is 22.6 Å². The monoisotopic (exact) mass is 570 g/mol. The standard InChI is InChI=1S/C30H18O12/c31-25(32)18-11-9-16(13-20(18)27(35)36)29(39)41-22-7-4-8-23(24(22)15-5-2-1-3-6-15)42-30(40)17-10-12-19(26(33)34)21(14-17)28(37)38/h1-14H,(H,31,32)(H,33,34)(H,35,36)(H,37,38). The van der Waals surface area contributed by atoms with Crippen molar-refractivity contribution in [2.75, 3.05) is 0 Å². The number of hydrogen-bond acceptors (Lipinski definition) is 8. The Kier molecular flexibility index (Phi) is 8.09. The van der Waals surface area contributed by atoms with Crippen LogP contribution in [0.2, 0.25) is 0 Å². The van der Waals surface area contributed by atoms with E-state index in [0.717, 1.165) is 36.4 Å². The number of hydrogen-bond donors (Lipinski definition) is 4. The van der Waals surface area contributed by atoms with Crippen molar-refractivity contribution in [2.24, 2.45) is 0 Å². The maximum absolute atomic E-state index is 13.0. The van der Waals surface area contributed by atoms with Gasteiger partial charge in [0, 0.05) is 0 Å². The van der Waals surface area contributed by atoms with Crippen molar-refractivity contribution >= 4 is 35.8 Å². The van der Waals surface area contributed by atoms with Crippen LogP contribution >= 0.6 is 0 Å². The Morgan fingerprint density at radius 3 is 1.24 bits per heavy atom. The third kappa shape index (κ3) is 5.97. The largest absolute Gasteiger partial charge is 0.478 e. The zero-order valence-corrected chi connectivity index (χ0v) is 21.1. The first-order valence-corrected chi connectivity index (χ1v) is 11.8. The molecule has 0 aromatic heterocycles. The van der Waals surface area contributed by atoms with Crippen LogP contribution in [0.5, 0.6) is 11.5 Å². The maximum atomic E-state index is 13.0. The van der Waals surface area contributed by atoms with Gasteiger partial charge >= 0.3 is 35.8 Å². The van der Waals surface area contributed by atoms with E-state index in [9.17, 15) is 49.2 Å². The Bertz CT molecular complexity index is 1670. The molecule has 0 atom stereocenters. The summed E-state index contributed by atoms with van der Waals surface area (Å²) in [7, 11) is 0. The number of carbonyl (C=O) groups excluding carboxylic acids is 2. The van der Waals surface area contributed by atoms with Gasteiger partial charge in [-0.15, -0.1) is 0 Å². The van der Waals surface area contributed by atoms with Crippen LogP contribution in [0.3, 0.4) is 0 Å². The number of carboxylic acids is 4. The summed E-state index contributed by atoms with van der Waals surface area (Å²) < 4.78 is 11.1. The van der Waals surface area contributed by atoms with Gasteiger partial charge in [0.25, 0.3) is 0 Å². The van der Waals surface area contributed by atoms with E-state index in [1.54, 1.807) is 30.3 Å². The van der Waals surface area contributed by atoms with Crippen LogP contribution in [0.4, 0.5) is 0 Å². The predicted octanol–water partition coefficient (Wildman–Crippen LogP) is 4.58. The van der Waals surface area contributed by atoms with E-state index < -0.39 is 58.1 Å². The average molecular weight is 570 g/mol. The lowest BCUT2D eigenvalue weighted by atomic mass is 10.0. The lowest BCUT2D eigenvalue weighted by Gasteiger charge is -2.15. The topological polar surface area (TPSA) is 202 Å². The molecule has 4 N–H and O–H groups in total. The highest BCUT2D eigenvalue weighted by molar-refractivity contribution is 6.05. The van der Waals surface area contributed by atoms with E-state index in [1.165, 1.54) is 18.2 Å². The lowest BCUT2D eigenvalue weighted by Crippen LogP contribution is -2.15. The highest BCUT2D eigenvalue weighted by Crippen LogP contribution is 2.39. The predicted molar refractivity (Wildman–Crippen MR) is 143 cm³/mol. The fourth-order valence-electron chi connectivity index (χ4n) is 3.96. The molecule has 0 aliphatic heterocycles.